The summed E-state index contributed by atoms with van der Waals surface area (Å²) in [7, 11) is 0. The number of nitrogens with zero attached hydrogens (tertiary/aromatic N) is 3. The summed E-state index contributed by atoms with van der Waals surface area (Å²) in [6.45, 7) is 5.17. The van der Waals surface area contributed by atoms with Gasteiger partial charge in [0.25, 0.3) is 17.7 Å². The number of aliphatic hydroxyl groups is 1. The molecule has 5 atom stereocenters. The van der Waals surface area contributed by atoms with Gasteiger partial charge in [0.05, 0.1) is 24.4 Å². The molecule has 0 saturated carbocycles. The number of carbonyl (C=O) groups excluding carboxylic acids is 8. The van der Waals surface area contributed by atoms with Crippen LogP contribution < -0.4 is 27.0 Å². The number of primary amides is 1. The minimum Gasteiger partial charge on any atom is -0.477 e. The molecule has 3 heterocycles. The smallest absolute Gasteiger partial charge is 0.415 e. The molecule has 0 aliphatic carbocycles. The van der Waals surface area contributed by atoms with E-state index in [4.69, 9.17) is 15.9 Å². The molecular formula is C42H55N9O12S. The summed E-state index contributed by atoms with van der Waals surface area (Å²) < 4.78 is 5.38. The number of benzene rings is 1. The van der Waals surface area contributed by atoms with Crippen LogP contribution in [0.15, 0.2) is 59.2 Å². The number of thioether (sulfide) groups is 1. The third-order valence-electron chi connectivity index (χ3n) is 10.4. The van der Waals surface area contributed by atoms with Gasteiger partial charge in [-0.3, -0.25) is 44.0 Å². The standard InChI is InChI=1S/C42H55N9O12S/c1-24(2)35(48-31(53)10-5-4-8-18-50-32(54)15-16-33(50)55)38(57)47-28(9-6-7-17-45-41(44)61)37(56)46-27-13-11-26(12-14-27)22-63-42(62)49(23-43)19-20-64-30-21-29-34(25(3)52)39(58)51(29)36(30)40(59)60/h6,9,11-16,23-25,28-29,34-35,43,52H,4-5,7-8,10,17-22H2,1-3H3,(H,46,56)(H,47,57)(H,48,53)(H,59,60)(H3,44,45,61). The number of rotatable bonds is 25. The third-order valence-corrected chi connectivity index (χ3v) is 11.5. The van der Waals surface area contributed by atoms with Crippen LogP contribution >= 0.6 is 11.8 Å². The number of aliphatic hydroxyl groups excluding tert-OH is 1. The number of imide groups is 1. The van der Waals surface area contributed by atoms with Crippen molar-refractivity contribution >= 4 is 77.3 Å². The summed E-state index contributed by atoms with van der Waals surface area (Å²) in [5, 5.41) is 38.0. The van der Waals surface area contributed by atoms with Crippen LogP contribution in [0.3, 0.4) is 0 Å². The lowest BCUT2D eigenvalue weighted by molar-refractivity contribution is -0.161. The predicted molar refractivity (Wildman–Crippen MR) is 233 cm³/mol. The highest BCUT2D eigenvalue weighted by molar-refractivity contribution is 8.03. The quantitative estimate of drug-likeness (QED) is 0.0173. The molecule has 3 aliphatic rings. The normalized spacial score (nSPS) is 18.0. The second kappa shape index (κ2) is 23.8. The maximum Gasteiger partial charge on any atom is 0.415 e. The van der Waals surface area contributed by atoms with Crippen LogP contribution in [0.5, 0.6) is 0 Å². The fourth-order valence-electron chi connectivity index (χ4n) is 7.09. The number of fused-ring (bicyclic) bond motifs is 1. The lowest BCUT2D eigenvalue weighted by atomic mass is 9.83. The molecule has 9 N–H and O–H groups in total. The van der Waals surface area contributed by atoms with Gasteiger partial charge in [0.1, 0.15) is 24.4 Å². The average molecular weight is 910 g/mol. The molecule has 4 rings (SSSR count). The fourth-order valence-corrected chi connectivity index (χ4v) is 8.23. The highest BCUT2D eigenvalue weighted by Crippen LogP contribution is 2.47. The number of urea groups is 1. The fraction of sp³-hybridized carbons (Fsp3) is 0.476. The van der Waals surface area contributed by atoms with E-state index in [-0.39, 0.29) is 80.6 Å². The maximum absolute atomic E-state index is 13.5. The number of hydrogen-bond donors (Lipinski definition) is 8. The monoisotopic (exact) mass is 909 g/mol. The van der Waals surface area contributed by atoms with Crippen LogP contribution in [0.1, 0.15) is 64.9 Å². The van der Waals surface area contributed by atoms with Gasteiger partial charge in [-0.1, -0.05) is 44.6 Å². The van der Waals surface area contributed by atoms with Gasteiger partial charge in [-0.05, 0) is 49.8 Å². The van der Waals surface area contributed by atoms with Gasteiger partial charge in [-0.2, -0.15) is 0 Å². The van der Waals surface area contributed by atoms with Gasteiger partial charge in [-0.15, -0.1) is 11.8 Å². The molecule has 0 spiro atoms. The lowest BCUT2D eigenvalue weighted by Gasteiger charge is -2.44. The van der Waals surface area contributed by atoms with E-state index in [1.807, 2.05) is 0 Å². The Labute approximate surface area is 373 Å². The first-order chi connectivity index (χ1) is 30.4. The van der Waals surface area contributed by atoms with Gasteiger partial charge in [0.15, 0.2) is 0 Å². The molecule has 21 nitrogen and oxygen atoms in total. The SMILES string of the molecule is CC(C)C(NC(=O)CCCCCN1C(=O)C=CC1=O)C(=O)NC(C=CCCNC(N)=O)C(=O)Nc1ccc(COC(=O)N(C=N)CCSC2=C(C(=O)O)N3C(=O)C(C(C)O)C3C2)cc1. The van der Waals surface area contributed by atoms with Gasteiger partial charge in [0.2, 0.25) is 17.7 Å². The summed E-state index contributed by atoms with van der Waals surface area (Å²) in [4.78, 5) is 115. The number of β-lactam (4-membered cyclic amide) rings is 1. The lowest BCUT2D eigenvalue weighted by Crippen LogP contribution is -2.61. The number of carboxylic acid groups (broad SMARTS) is 1. The molecule has 346 valence electrons. The second-order valence-corrected chi connectivity index (χ2v) is 16.7. The third kappa shape index (κ3) is 13.7. The zero-order chi connectivity index (χ0) is 47.1. The average Bonchev–Trinajstić information content (AvgIpc) is 3.74. The summed E-state index contributed by atoms with van der Waals surface area (Å²) in [5.41, 5.74) is 5.85. The highest BCUT2D eigenvalue weighted by atomic mass is 32.2. The van der Waals surface area contributed by atoms with Crippen molar-refractivity contribution in [2.75, 3.05) is 30.7 Å². The number of ether oxygens (including phenoxy) is 1. The molecule has 0 aromatic heterocycles. The Hall–Kier alpha value is -6.55. The van der Waals surface area contributed by atoms with Crippen molar-refractivity contribution in [1.29, 1.82) is 5.41 Å². The predicted octanol–water partition coefficient (Wildman–Crippen LogP) is 1.54. The number of nitrogens with two attached hydrogens (primary N) is 1. The summed E-state index contributed by atoms with van der Waals surface area (Å²) in [6.07, 6.45) is 6.62. The molecule has 5 unspecified atom stereocenters. The zero-order valence-corrected chi connectivity index (χ0v) is 36.6. The maximum atomic E-state index is 13.5. The van der Waals surface area contributed by atoms with E-state index < -0.39 is 66.0 Å². The Morgan fingerprint density at radius 3 is 2.30 bits per heavy atom. The molecule has 0 bridgehead atoms. The van der Waals surface area contributed by atoms with E-state index >= 15 is 0 Å². The van der Waals surface area contributed by atoms with E-state index in [0.29, 0.717) is 35.4 Å². The van der Waals surface area contributed by atoms with E-state index in [0.717, 1.165) is 27.9 Å². The topological polar surface area (TPSA) is 311 Å². The number of amides is 9. The van der Waals surface area contributed by atoms with Gasteiger partial charge < -0.3 is 46.9 Å². The Morgan fingerprint density at radius 2 is 1.69 bits per heavy atom. The van der Waals surface area contributed by atoms with Crippen molar-refractivity contribution in [2.45, 2.75) is 90.1 Å². The first-order valence-corrected chi connectivity index (χ1v) is 21.7. The summed E-state index contributed by atoms with van der Waals surface area (Å²) in [6, 6.07) is 2.88. The molecule has 9 amide bonds. The van der Waals surface area contributed by atoms with Crippen LogP contribution in [-0.2, 0) is 44.9 Å². The molecule has 1 saturated heterocycles. The second-order valence-electron chi connectivity index (χ2n) is 15.5. The number of carbonyl (C=O) groups is 9. The molecule has 3 aliphatic heterocycles. The molecule has 1 aromatic carbocycles. The van der Waals surface area contributed by atoms with Gasteiger partial charge in [0, 0.05) is 61.0 Å². The van der Waals surface area contributed by atoms with Gasteiger partial charge >= 0.3 is 18.1 Å². The van der Waals surface area contributed by atoms with Crippen molar-refractivity contribution in [3.05, 3.63) is 64.7 Å². The molecule has 0 radical (unpaired) electrons. The van der Waals surface area contributed by atoms with Crippen LogP contribution in [0, 0.1) is 17.2 Å². The molecule has 1 aromatic rings. The van der Waals surface area contributed by atoms with E-state index in [1.54, 1.807) is 44.2 Å². The van der Waals surface area contributed by atoms with Crippen molar-refractivity contribution in [1.82, 2.24) is 30.7 Å². The van der Waals surface area contributed by atoms with E-state index in [2.05, 4.69) is 21.3 Å². The number of carboxylic acids is 1. The minimum absolute atomic E-state index is 0.00197. The summed E-state index contributed by atoms with van der Waals surface area (Å²) >= 11 is 1.14. The highest BCUT2D eigenvalue weighted by Gasteiger charge is 2.56. The Morgan fingerprint density at radius 1 is 1.00 bits per heavy atom. The number of hydrogen-bond acceptors (Lipinski definition) is 13. The number of nitrogens with one attached hydrogen (secondary N) is 5. The molecule has 64 heavy (non-hydrogen) atoms. The van der Waals surface area contributed by atoms with E-state index in [1.165, 1.54) is 30.1 Å². The Balaban J connectivity index is 1.28. The number of aliphatic carboxylic acids is 1. The molecule has 22 heteroatoms. The minimum atomic E-state index is -1.27. The van der Waals surface area contributed by atoms with Gasteiger partial charge in [-0.25, -0.2) is 14.4 Å². The first kappa shape index (κ1) is 50.1. The molecule has 1 fully saturated rings. The number of anilines is 1. The van der Waals surface area contributed by atoms with Crippen molar-refractivity contribution < 1.29 is 58.1 Å². The Bertz CT molecular complexity index is 2040. The number of unbranched alkanes of at least 4 members (excludes halogenated alkanes) is 2. The summed E-state index contributed by atoms with van der Waals surface area (Å²) in [5.74, 6) is -4.95. The first-order valence-electron chi connectivity index (χ1n) is 20.7. The molecular weight excluding hydrogens is 855 g/mol. The zero-order valence-electron chi connectivity index (χ0n) is 35.7. The van der Waals surface area contributed by atoms with Crippen LogP contribution in [0.2, 0.25) is 0 Å². The van der Waals surface area contributed by atoms with Crippen molar-refractivity contribution in [3.8, 4) is 0 Å². The van der Waals surface area contributed by atoms with Crippen LogP contribution in [0.4, 0.5) is 15.3 Å². The van der Waals surface area contributed by atoms with Crippen molar-refractivity contribution in [3.63, 3.8) is 0 Å². The Kier molecular flexibility index (Phi) is 18.6. The van der Waals surface area contributed by atoms with E-state index in [9.17, 15) is 53.4 Å². The van der Waals surface area contributed by atoms with Crippen molar-refractivity contribution in [2.24, 2.45) is 17.6 Å². The largest absolute Gasteiger partial charge is 0.477 e. The van der Waals surface area contributed by atoms with Crippen LogP contribution in [0.25, 0.3) is 0 Å². The van der Waals surface area contributed by atoms with Crippen LogP contribution in [-0.4, -0.2) is 134 Å².